The number of nitrogens with one attached hydrogen (secondary N) is 1. The summed E-state index contributed by atoms with van der Waals surface area (Å²) in [6.07, 6.45) is 2.97. The minimum absolute atomic E-state index is 0.103. The molecule has 1 N–H and O–H groups in total. The number of ether oxygens (including phenoxy) is 1. The van der Waals surface area contributed by atoms with Crippen LogP contribution >= 0.6 is 0 Å². The summed E-state index contributed by atoms with van der Waals surface area (Å²) in [5, 5.41) is 22.6. The van der Waals surface area contributed by atoms with E-state index in [2.05, 4.69) is 19.7 Å². The monoisotopic (exact) mass is 525 g/mol. The molecule has 4 rings (SSSR count). The normalized spacial score (nSPS) is 11.2. The largest absolute Gasteiger partial charge is 0.439 e. The van der Waals surface area contributed by atoms with Gasteiger partial charge in [0.15, 0.2) is 0 Å². The fourth-order valence-electron chi connectivity index (χ4n) is 3.37. The molecule has 0 atom stereocenters. The highest BCUT2D eigenvalue weighted by atomic mass is 32.2. The SMILES string of the molecule is Cc1ncn(-c2cc(Oc3ccc(NS(=O)(=O)c4cc([N+](=O)[O-])c(C)c([N+](=O)[O-])c4)cc3)ncn2)c1C. The Morgan fingerprint density at radius 1 is 0.919 bits per heavy atom. The third-order valence-corrected chi connectivity index (χ3v) is 6.85. The van der Waals surface area contributed by atoms with Crippen molar-refractivity contribution in [1.29, 1.82) is 0 Å². The zero-order valence-corrected chi connectivity index (χ0v) is 20.5. The number of rotatable bonds is 8. The lowest BCUT2D eigenvalue weighted by molar-refractivity contribution is -0.395. The number of nitro groups is 2. The van der Waals surface area contributed by atoms with E-state index >= 15 is 0 Å². The van der Waals surface area contributed by atoms with E-state index in [0.29, 0.717) is 11.6 Å². The number of imidazole rings is 1. The van der Waals surface area contributed by atoms with Gasteiger partial charge >= 0.3 is 0 Å². The number of benzene rings is 2. The van der Waals surface area contributed by atoms with Crippen molar-refractivity contribution < 1.29 is 23.0 Å². The first-order valence-corrected chi connectivity index (χ1v) is 12.0. The van der Waals surface area contributed by atoms with Gasteiger partial charge in [0.2, 0.25) is 5.88 Å². The van der Waals surface area contributed by atoms with Gasteiger partial charge < -0.3 is 4.74 Å². The Balaban J connectivity index is 1.55. The maximum atomic E-state index is 12.8. The summed E-state index contributed by atoms with van der Waals surface area (Å²) in [7, 11) is -4.38. The molecule has 0 saturated carbocycles. The third kappa shape index (κ3) is 5.20. The summed E-state index contributed by atoms with van der Waals surface area (Å²) >= 11 is 0. The Kier molecular flexibility index (Phi) is 6.54. The molecule has 0 amide bonds. The van der Waals surface area contributed by atoms with Crippen LogP contribution in [0.1, 0.15) is 17.0 Å². The van der Waals surface area contributed by atoms with Crippen LogP contribution in [0.4, 0.5) is 17.1 Å². The summed E-state index contributed by atoms with van der Waals surface area (Å²) in [6.45, 7) is 4.95. The summed E-state index contributed by atoms with van der Waals surface area (Å²) in [5.41, 5.74) is 0.263. The van der Waals surface area contributed by atoms with Crippen molar-refractivity contribution in [3.8, 4) is 17.4 Å². The Morgan fingerprint density at radius 2 is 1.54 bits per heavy atom. The topological polar surface area (TPSA) is 185 Å². The molecule has 0 spiro atoms. The molecule has 2 heterocycles. The predicted molar refractivity (Wildman–Crippen MR) is 130 cm³/mol. The van der Waals surface area contributed by atoms with Gasteiger partial charge in [-0.3, -0.25) is 29.5 Å². The van der Waals surface area contributed by atoms with Crippen molar-refractivity contribution in [3.05, 3.63) is 92.3 Å². The van der Waals surface area contributed by atoms with Gasteiger partial charge in [0.25, 0.3) is 21.4 Å². The maximum absolute atomic E-state index is 12.8. The van der Waals surface area contributed by atoms with Crippen LogP contribution in [0.25, 0.3) is 5.82 Å². The van der Waals surface area contributed by atoms with Gasteiger partial charge in [-0.1, -0.05) is 0 Å². The standard InChI is InChI=1S/C22H19N7O7S/c1-13-19(28(30)31)8-18(9-20(13)29(32)33)37(34,35)26-16-4-6-17(7-5-16)36-22-10-21(23-11-24-22)27-12-25-14(2)15(27)3/h4-12,26H,1-3H3. The second-order valence-electron chi connectivity index (χ2n) is 7.83. The molecule has 4 aromatic rings. The van der Waals surface area contributed by atoms with E-state index in [-0.39, 0.29) is 17.1 Å². The van der Waals surface area contributed by atoms with Crippen LogP contribution in [0.2, 0.25) is 0 Å². The highest BCUT2D eigenvalue weighted by Gasteiger charge is 2.28. The number of nitrogens with zero attached hydrogens (tertiary/aromatic N) is 6. The number of hydrogen-bond acceptors (Lipinski definition) is 10. The van der Waals surface area contributed by atoms with Gasteiger partial charge in [0.1, 0.15) is 34.7 Å². The van der Waals surface area contributed by atoms with Crippen molar-refractivity contribution in [2.24, 2.45) is 0 Å². The molecule has 0 bridgehead atoms. The molecule has 190 valence electrons. The van der Waals surface area contributed by atoms with Crippen LogP contribution in [0.15, 0.2) is 60.0 Å². The molecular weight excluding hydrogens is 506 g/mol. The van der Waals surface area contributed by atoms with Gasteiger partial charge in [-0.05, 0) is 45.0 Å². The van der Waals surface area contributed by atoms with Crippen molar-refractivity contribution in [1.82, 2.24) is 19.5 Å². The van der Waals surface area contributed by atoms with Gasteiger partial charge in [-0.25, -0.2) is 23.4 Å². The first-order valence-electron chi connectivity index (χ1n) is 10.5. The van der Waals surface area contributed by atoms with E-state index in [4.69, 9.17) is 4.74 Å². The van der Waals surface area contributed by atoms with Crippen LogP contribution in [-0.4, -0.2) is 37.8 Å². The lowest BCUT2D eigenvalue weighted by Gasteiger charge is -2.11. The van der Waals surface area contributed by atoms with Crippen LogP contribution in [-0.2, 0) is 10.0 Å². The van der Waals surface area contributed by atoms with Crippen molar-refractivity contribution in [3.63, 3.8) is 0 Å². The van der Waals surface area contributed by atoms with Crippen molar-refractivity contribution in [2.75, 3.05) is 4.72 Å². The summed E-state index contributed by atoms with van der Waals surface area (Å²) in [4.78, 5) is 32.7. The Bertz CT molecular complexity index is 1600. The first-order chi connectivity index (χ1) is 17.5. The second kappa shape index (κ2) is 9.62. The average molecular weight is 526 g/mol. The molecule has 0 unspecified atom stereocenters. The molecule has 14 nitrogen and oxygen atoms in total. The summed E-state index contributed by atoms with van der Waals surface area (Å²) in [6, 6.07) is 8.92. The van der Waals surface area contributed by atoms with Crippen LogP contribution in [0.3, 0.4) is 0 Å². The van der Waals surface area contributed by atoms with E-state index in [1.165, 1.54) is 37.5 Å². The van der Waals surface area contributed by atoms with Crippen LogP contribution in [0, 0.1) is 41.0 Å². The fourth-order valence-corrected chi connectivity index (χ4v) is 4.46. The average Bonchev–Trinajstić information content (AvgIpc) is 3.18. The molecule has 2 aromatic heterocycles. The predicted octanol–water partition coefficient (Wildman–Crippen LogP) is 4.00. The van der Waals surface area contributed by atoms with E-state index in [0.717, 1.165) is 23.5 Å². The number of aromatic nitrogens is 4. The number of hydrogen-bond donors (Lipinski definition) is 1. The molecule has 0 saturated heterocycles. The molecule has 15 heteroatoms. The van der Waals surface area contributed by atoms with Crippen molar-refractivity contribution in [2.45, 2.75) is 25.7 Å². The summed E-state index contributed by atoms with van der Waals surface area (Å²) < 4.78 is 35.4. The highest BCUT2D eigenvalue weighted by molar-refractivity contribution is 7.92. The first kappa shape index (κ1) is 25.2. The lowest BCUT2D eigenvalue weighted by Crippen LogP contribution is -2.14. The Labute approximate surface area is 210 Å². The quantitative estimate of drug-likeness (QED) is 0.260. The number of nitro benzene ring substituents is 2. The van der Waals surface area contributed by atoms with E-state index < -0.39 is 36.1 Å². The Hall–Kier alpha value is -4.92. The molecule has 0 aliphatic rings. The number of anilines is 1. The zero-order chi connectivity index (χ0) is 26.9. The second-order valence-corrected chi connectivity index (χ2v) is 9.51. The fraction of sp³-hybridized carbons (Fsp3) is 0.136. The highest BCUT2D eigenvalue weighted by Crippen LogP contribution is 2.32. The van der Waals surface area contributed by atoms with Gasteiger partial charge in [0, 0.05) is 29.6 Å². The minimum Gasteiger partial charge on any atom is -0.439 e. The summed E-state index contributed by atoms with van der Waals surface area (Å²) in [5.74, 6) is 1.13. The molecule has 0 aliphatic heterocycles. The third-order valence-electron chi connectivity index (χ3n) is 5.49. The molecular formula is C22H19N7O7S. The number of aryl methyl sites for hydroxylation is 1. The molecule has 0 radical (unpaired) electrons. The van der Waals surface area contributed by atoms with Crippen LogP contribution < -0.4 is 9.46 Å². The minimum atomic E-state index is -4.38. The van der Waals surface area contributed by atoms with Gasteiger partial charge in [-0.2, -0.15) is 0 Å². The number of sulfonamides is 1. The van der Waals surface area contributed by atoms with E-state index in [1.54, 1.807) is 17.0 Å². The molecule has 37 heavy (non-hydrogen) atoms. The van der Waals surface area contributed by atoms with Gasteiger partial charge in [0.05, 0.1) is 15.5 Å². The van der Waals surface area contributed by atoms with E-state index in [1.807, 2.05) is 13.8 Å². The maximum Gasteiger partial charge on any atom is 0.280 e. The van der Waals surface area contributed by atoms with Gasteiger partial charge in [-0.15, -0.1) is 0 Å². The molecule has 2 aromatic carbocycles. The van der Waals surface area contributed by atoms with Crippen molar-refractivity contribution >= 4 is 27.1 Å². The van der Waals surface area contributed by atoms with Crippen LogP contribution in [0.5, 0.6) is 11.6 Å². The van der Waals surface area contributed by atoms with E-state index in [9.17, 15) is 28.6 Å². The Morgan fingerprint density at radius 3 is 2.08 bits per heavy atom. The molecule has 0 aliphatic carbocycles. The smallest absolute Gasteiger partial charge is 0.280 e. The zero-order valence-electron chi connectivity index (χ0n) is 19.6. The molecule has 0 fully saturated rings. The lowest BCUT2D eigenvalue weighted by atomic mass is 10.1.